The number of rotatable bonds is 7. The van der Waals surface area contributed by atoms with E-state index < -0.39 is 20.0 Å². The van der Waals surface area contributed by atoms with Crippen molar-refractivity contribution in [1.82, 2.24) is 0 Å². The van der Waals surface area contributed by atoms with Gasteiger partial charge in [-0.05, 0) is 76.6 Å². The van der Waals surface area contributed by atoms with Gasteiger partial charge in [-0.1, -0.05) is 23.2 Å². The molecule has 0 heterocycles. The monoisotopic (exact) mass is 564 g/mol. The fourth-order valence-electron chi connectivity index (χ4n) is 2.56. The van der Waals surface area contributed by atoms with Crippen LogP contribution in [0.5, 0.6) is 5.75 Å². The van der Waals surface area contributed by atoms with Gasteiger partial charge in [0.05, 0.1) is 27.1 Å². The molecule has 0 aliphatic rings. The largest absolute Gasteiger partial charge is 0.496 e. The molecule has 12 heteroatoms. The molecule has 0 bridgehead atoms. The second-order valence-electron chi connectivity index (χ2n) is 6.19. The molecular weight excluding hydrogens is 551 g/mol. The Bertz CT molecular complexity index is 1310. The van der Waals surface area contributed by atoms with Crippen LogP contribution in [0.2, 0.25) is 10.0 Å². The Morgan fingerprint density at radius 2 is 1.26 bits per heavy atom. The van der Waals surface area contributed by atoms with Crippen LogP contribution in [0.15, 0.2) is 74.9 Å². The first kappa shape index (κ1) is 23.7. The van der Waals surface area contributed by atoms with E-state index in [1.54, 1.807) is 0 Å². The Hall–Kier alpha value is -1.98. The smallest absolute Gasteiger partial charge is 0.261 e. The van der Waals surface area contributed by atoms with Crippen molar-refractivity contribution in [3.05, 3.63) is 75.2 Å². The van der Waals surface area contributed by atoms with Crippen LogP contribution in [0.1, 0.15) is 0 Å². The fraction of sp³-hybridized carbons (Fsp3) is 0.0526. The summed E-state index contributed by atoms with van der Waals surface area (Å²) in [6.45, 7) is 0. The van der Waals surface area contributed by atoms with Gasteiger partial charge in [0.1, 0.15) is 5.75 Å². The summed E-state index contributed by atoms with van der Waals surface area (Å²) in [5.41, 5.74) is 0.393. The lowest BCUT2D eigenvalue weighted by molar-refractivity contribution is 0.411. The molecule has 164 valence electrons. The van der Waals surface area contributed by atoms with Gasteiger partial charge < -0.3 is 4.74 Å². The lowest BCUT2D eigenvalue weighted by Gasteiger charge is -2.12. The first-order valence-electron chi connectivity index (χ1n) is 8.45. The summed E-state index contributed by atoms with van der Waals surface area (Å²) >= 11 is 15.0. The molecule has 0 spiro atoms. The van der Waals surface area contributed by atoms with Gasteiger partial charge in [0.25, 0.3) is 20.0 Å². The highest BCUT2D eigenvalue weighted by molar-refractivity contribution is 9.10. The van der Waals surface area contributed by atoms with Gasteiger partial charge >= 0.3 is 0 Å². The topological polar surface area (TPSA) is 102 Å². The molecule has 0 atom stereocenters. The lowest BCUT2D eigenvalue weighted by Crippen LogP contribution is -2.14. The number of hydrogen-bond acceptors (Lipinski definition) is 5. The van der Waals surface area contributed by atoms with E-state index in [-0.39, 0.29) is 31.2 Å². The minimum absolute atomic E-state index is 0.0105. The van der Waals surface area contributed by atoms with Crippen LogP contribution in [0.3, 0.4) is 0 Å². The Morgan fingerprint density at radius 1 is 0.742 bits per heavy atom. The molecule has 3 aromatic carbocycles. The van der Waals surface area contributed by atoms with E-state index in [1.807, 2.05) is 0 Å². The lowest BCUT2D eigenvalue weighted by atomic mass is 10.3. The molecule has 31 heavy (non-hydrogen) atoms. The van der Waals surface area contributed by atoms with Gasteiger partial charge in [-0.15, -0.1) is 0 Å². The van der Waals surface area contributed by atoms with Gasteiger partial charge in [-0.2, -0.15) is 0 Å². The highest BCUT2D eigenvalue weighted by Gasteiger charge is 2.18. The summed E-state index contributed by atoms with van der Waals surface area (Å²) in [6.07, 6.45) is 0. The van der Waals surface area contributed by atoms with Crippen molar-refractivity contribution in [2.45, 2.75) is 9.79 Å². The molecule has 3 aromatic rings. The summed E-state index contributed by atoms with van der Waals surface area (Å²) in [7, 11) is -6.36. The molecule has 2 N–H and O–H groups in total. The third-order valence-electron chi connectivity index (χ3n) is 3.97. The van der Waals surface area contributed by atoms with Crippen molar-refractivity contribution < 1.29 is 21.6 Å². The number of methoxy groups -OCH3 is 1. The van der Waals surface area contributed by atoms with Gasteiger partial charge in [-0.25, -0.2) is 16.8 Å². The summed E-state index contributed by atoms with van der Waals surface area (Å²) in [4.78, 5) is -0.0601. The van der Waals surface area contributed by atoms with E-state index in [2.05, 4.69) is 25.4 Å². The van der Waals surface area contributed by atoms with Gasteiger partial charge in [-0.3, -0.25) is 9.44 Å². The molecule has 0 amide bonds. The quantitative estimate of drug-likeness (QED) is 0.401. The Morgan fingerprint density at radius 3 is 1.81 bits per heavy atom. The van der Waals surface area contributed by atoms with Crippen LogP contribution in [-0.4, -0.2) is 23.9 Å². The van der Waals surface area contributed by atoms with Crippen molar-refractivity contribution in [2.24, 2.45) is 0 Å². The minimum atomic E-state index is -3.94. The molecule has 0 saturated heterocycles. The standard InChI is InChI=1S/C19H15BrCl2N2O5S2/c1-29-19-7-6-17(11-18(19)20)31(27,28)23-14-2-4-16(5-3-14)30(25,26)24-15-9-12(21)8-13(22)10-15/h2-11,23-24H,1H3. The van der Waals surface area contributed by atoms with E-state index in [4.69, 9.17) is 27.9 Å². The SMILES string of the molecule is COc1ccc(S(=O)(=O)Nc2ccc(S(=O)(=O)Nc3cc(Cl)cc(Cl)c3)cc2)cc1Br. The molecule has 0 aromatic heterocycles. The molecule has 0 aliphatic carbocycles. The van der Waals surface area contributed by atoms with Crippen molar-refractivity contribution in [1.29, 1.82) is 0 Å². The average molecular weight is 566 g/mol. The van der Waals surface area contributed by atoms with Crippen LogP contribution in [0.25, 0.3) is 0 Å². The molecule has 3 rings (SSSR count). The molecule has 0 unspecified atom stereocenters. The van der Waals surface area contributed by atoms with E-state index >= 15 is 0 Å². The highest BCUT2D eigenvalue weighted by Crippen LogP contribution is 2.29. The van der Waals surface area contributed by atoms with E-state index in [9.17, 15) is 16.8 Å². The molecule has 0 saturated carbocycles. The summed E-state index contributed by atoms with van der Waals surface area (Å²) in [5.74, 6) is 0.488. The zero-order valence-electron chi connectivity index (χ0n) is 15.8. The predicted molar refractivity (Wildman–Crippen MR) is 125 cm³/mol. The maximum Gasteiger partial charge on any atom is 0.261 e. The van der Waals surface area contributed by atoms with Gasteiger partial charge in [0.15, 0.2) is 0 Å². The Kier molecular flexibility index (Phi) is 7.07. The third-order valence-corrected chi connectivity index (χ3v) is 7.80. The number of benzene rings is 3. The number of ether oxygens (including phenoxy) is 1. The molecule has 0 fully saturated rings. The van der Waals surface area contributed by atoms with Crippen LogP contribution in [-0.2, 0) is 20.0 Å². The first-order chi connectivity index (χ1) is 14.5. The zero-order valence-corrected chi connectivity index (χ0v) is 20.5. The molecule has 7 nitrogen and oxygen atoms in total. The summed E-state index contributed by atoms with van der Waals surface area (Å²) in [5, 5.41) is 0.556. The first-order valence-corrected chi connectivity index (χ1v) is 13.0. The van der Waals surface area contributed by atoms with Crippen LogP contribution < -0.4 is 14.2 Å². The minimum Gasteiger partial charge on any atom is -0.496 e. The van der Waals surface area contributed by atoms with Gasteiger partial charge in [0, 0.05) is 15.7 Å². The van der Waals surface area contributed by atoms with Crippen LogP contribution in [0.4, 0.5) is 11.4 Å². The highest BCUT2D eigenvalue weighted by atomic mass is 79.9. The number of nitrogens with one attached hydrogen (secondary N) is 2. The fourth-order valence-corrected chi connectivity index (χ4v) is 5.90. The number of halogens is 3. The molecule has 0 radical (unpaired) electrons. The van der Waals surface area contributed by atoms with Crippen LogP contribution in [0, 0.1) is 0 Å². The van der Waals surface area contributed by atoms with E-state index in [1.165, 1.54) is 67.8 Å². The van der Waals surface area contributed by atoms with Crippen LogP contribution >= 0.6 is 39.1 Å². The zero-order chi connectivity index (χ0) is 22.8. The Balaban J connectivity index is 1.80. The Labute approximate surface area is 198 Å². The van der Waals surface area contributed by atoms with E-state index in [0.29, 0.717) is 10.2 Å². The maximum absolute atomic E-state index is 12.6. The second-order valence-corrected chi connectivity index (χ2v) is 11.3. The van der Waals surface area contributed by atoms with Crippen molar-refractivity contribution in [3.8, 4) is 5.75 Å². The van der Waals surface area contributed by atoms with Crippen molar-refractivity contribution >= 4 is 70.6 Å². The van der Waals surface area contributed by atoms with E-state index in [0.717, 1.165) is 0 Å². The molecular formula is C19H15BrCl2N2O5S2. The third kappa shape index (κ3) is 5.83. The van der Waals surface area contributed by atoms with Crippen molar-refractivity contribution in [3.63, 3.8) is 0 Å². The number of anilines is 2. The molecule has 0 aliphatic heterocycles. The summed E-state index contributed by atoms with van der Waals surface area (Å²) < 4.78 is 60.7. The summed E-state index contributed by atoms with van der Waals surface area (Å²) in [6, 6.07) is 13.9. The van der Waals surface area contributed by atoms with Gasteiger partial charge in [0.2, 0.25) is 0 Å². The van der Waals surface area contributed by atoms with Crippen molar-refractivity contribution in [2.75, 3.05) is 16.6 Å². The second kappa shape index (κ2) is 9.25. The maximum atomic E-state index is 12.6. The normalized spacial score (nSPS) is 11.7. The predicted octanol–water partition coefficient (Wildman–Crippen LogP) is 5.37. The average Bonchev–Trinajstić information content (AvgIpc) is 2.67. The number of hydrogen-bond donors (Lipinski definition) is 2. The number of sulfonamides is 2.